The van der Waals surface area contributed by atoms with E-state index in [4.69, 9.17) is 44.7 Å². The molecular formula is C12H22Cl3NO3SSn. The van der Waals surface area contributed by atoms with E-state index in [1.165, 1.54) is 0 Å². The second-order valence-electron chi connectivity index (χ2n) is 4.33. The molecule has 0 aromatic carbocycles. The standard InChI is InChI=1S/C10H16Cl3NOS.C2H4O2.Sn.2H/c1-6(2)14(7(3)4)10(15)16-5-8(11)9(12)13;1-2(3)4;;;/h6-7H,5H2,1-4H3;1H3,(H,3,4);;;. The van der Waals surface area contributed by atoms with Crippen molar-refractivity contribution in [3.05, 3.63) is 9.52 Å². The summed E-state index contributed by atoms with van der Waals surface area (Å²) in [5.41, 5.74) is 0. The molecule has 0 saturated heterocycles. The van der Waals surface area contributed by atoms with Gasteiger partial charge in [-0.2, -0.15) is 0 Å². The zero-order valence-corrected chi connectivity index (χ0v) is 19.9. The molecular weight excluding hydrogens is 463 g/mol. The van der Waals surface area contributed by atoms with Crippen LogP contribution in [0.15, 0.2) is 9.52 Å². The monoisotopic (exact) mass is 485 g/mol. The van der Waals surface area contributed by atoms with Crippen LogP contribution in [0.4, 0.5) is 4.79 Å². The van der Waals surface area contributed by atoms with Crippen LogP contribution in [-0.2, 0) is 4.79 Å². The first-order chi connectivity index (χ1) is 9.00. The van der Waals surface area contributed by atoms with Crippen molar-refractivity contribution in [2.24, 2.45) is 0 Å². The van der Waals surface area contributed by atoms with E-state index >= 15 is 0 Å². The van der Waals surface area contributed by atoms with Crippen LogP contribution < -0.4 is 0 Å². The van der Waals surface area contributed by atoms with Crippen molar-refractivity contribution in [2.75, 3.05) is 5.75 Å². The van der Waals surface area contributed by atoms with Crippen LogP contribution >= 0.6 is 46.6 Å². The third-order valence-electron chi connectivity index (χ3n) is 1.85. The van der Waals surface area contributed by atoms with E-state index < -0.39 is 5.97 Å². The summed E-state index contributed by atoms with van der Waals surface area (Å²) in [4.78, 5) is 22.7. The van der Waals surface area contributed by atoms with E-state index in [1.54, 1.807) is 4.90 Å². The quantitative estimate of drug-likeness (QED) is 0.612. The molecule has 0 fully saturated rings. The predicted octanol–water partition coefficient (Wildman–Crippen LogP) is 4.02. The Kier molecular flexibility index (Phi) is 18.1. The molecule has 0 bridgehead atoms. The minimum absolute atomic E-state index is 0. The Morgan fingerprint density at radius 3 is 1.67 bits per heavy atom. The first-order valence-corrected chi connectivity index (χ1v) is 7.96. The average Bonchev–Trinajstić information content (AvgIpc) is 2.23. The second-order valence-corrected chi connectivity index (χ2v) is 6.67. The number of hydrogen-bond donors (Lipinski definition) is 1. The summed E-state index contributed by atoms with van der Waals surface area (Å²) in [6.07, 6.45) is 0. The van der Waals surface area contributed by atoms with Gasteiger partial charge in [0.1, 0.15) is 4.49 Å². The molecule has 2 radical (unpaired) electrons. The van der Waals surface area contributed by atoms with Gasteiger partial charge in [0.15, 0.2) is 0 Å². The zero-order chi connectivity index (χ0) is 16.5. The van der Waals surface area contributed by atoms with Gasteiger partial charge in [0.25, 0.3) is 11.2 Å². The number of rotatable bonds is 4. The van der Waals surface area contributed by atoms with Crippen molar-refractivity contribution in [2.45, 2.75) is 46.7 Å². The van der Waals surface area contributed by atoms with Gasteiger partial charge in [-0.25, -0.2) is 0 Å². The molecule has 0 saturated carbocycles. The van der Waals surface area contributed by atoms with Crippen molar-refractivity contribution in [3.63, 3.8) is 0 Å². The van der Waals surface area contributed by atoms with Crippen LogP contribution in [-0.4, -0.2) is 63.0 Å². The molecule has 1 amide bonds. The molecule has 21 heavy (non-hydrogen) atoms. The maximum absolute atomic E-state index is 11.9. The molecule has 0 aromatic heterocycles. The Morgan fingerprint density at radius 2 is 1.43 bits per heavy atom. The Bertz CT molecular complexity index is 350. The number of carboxylic acid groups (broad SMARTS) is 1. The normalized spacial score (nSPS) is 9.43. The summed E-state index contributed by atoms with van der Waals surface area (Å²) in [5.74, 6) is -0.529. The van der Waals surface area contributed by atoms with E-state index in [-0.39, 0.29) is 45.7 Å². The number of aliphatic carboxylic acids is 1. The van der Waals surface area contributed by atoms with Crippen molar-refractivity contribution >= 4 is 81.7 Å². The molecule has 0 unspecified atom stereocenters. The molecule has 0 rings (SSSR count). The summed E-state index contributed by atoms with van der Waals surface area (Å²) in [6.45, 7) is 8.99. The predicted molar refractivity (Wildman–Crippen MR) is 96.4 cm³/mol. The topological polar surface area (TPSA) is 57.6 Å². The fourth-order valence-corrected chi connectivity index (χ4v) is 2.69. The van der Waals surface area contributed by atoms with Crippen LogP contribution in [0.3, 0.4) is 0 Å². The molecule has 0 aliphatic rings. The Balaban J connectivity index is -0.000000572. The number of carboxylic acids is 1. The third kappa shape index (κ3) is 15.4. The maximum atomic E-state index is 11.9. The Hall–Kier alpha value is 0.699. The molecule has 0 spiro atoms. The summed E-state index contributed by atoms with van der Waals surface area (Å²) in [5, 5.41) is 7.70. The van der Waals surface area contributed by atoms with Crippen LogP contribution in [0, 0.1) is 0 Å². The molecule has 9 heteroatoms. The molecule has 0 aliphatic heterocycles. The zero-order valence-electron chi connectivity index (χ0n) is 12.8. The molecule has 4 nitrogen and oxygen atoms in total. The van der Waals surface area contributed by atoms with Gasteiger partial charge in [-0.05, 0) is 27.7 Å². The van der Waals surface area contributed by atoms with Gasteiger partial charge in [0.2, 0.25) is 0 Å². The Labute approximate surface area is 162 Å². The number of hydrogen-bond acceptors (Lipinski definition) is 3. The minimum atomic E-state index is -0.833. The first-order valence-electron chi connectivity index (χ1n) is 5.84. The van der Waals surface area contributed by atoms with E-state index in [2.05, 4.69) is 0 Å². The van der Waals surface area contributed by atoms with Gasteiger partial charge in [-0.3, -0.25) is 9.59 Å². The summed E-state index contributed by atoms with van der Waals surface area (Å²) in [7, 11) is 0. The van der Waals surface area contributed by atoms with Gasteiger partial charge in [-0.15, -0.1) is 0 Å². The van der Waals surface area contributed by atoms with Gasteiger partial charge in [-0.1, -0.05) is 46.6 Å². The summed E-state index contributed by atoms with van der Waals surface area (Å²) < 4.78 is 0.0163. The molecule has 0 heterocycles. The second kappa shape index (κ2) is 14.3. The molecule has 124 valence electrons. The number of thioether (sulfide) groups is 1. The SMILES string of the molecule is CC(=O)O.CC(C)N(C(=O)SCC(Cl)=C(Cl)Cl)C(C)C.[SnH2]. The van der Waals surface area contributed by atoms with Crippen molar-refractivity contribution in [1.29, 1.82) is 0 Å². The molecule has 0 aliphatic carbocycles. The van der Waals surface area contributed by atoms with Gasteiger partial charge in [0.05, 0.1) is 5.03 Å². The van der Waals surface area contributed by atoms with Crippen LogP contribution in [0.5, 0.6) is 0 Å². The van der Waals surface area contributed by atoms with E-state index in [1.807, 2.05) is 27.7 Å². The average molecular weight is 485 g/mol. The summed E-state index contributed by atoms with van der Waals surface area (Å²) in [6, 6.07) is 0.323. The van der Waals surface area contributed by atoms with Gasteiger partial charge in [0, 0.05) is 24.8 Å². The number of carbonyl (C=O) groups is 2. The number of nitrogens with zero attached hydrogens (tertiary/aromatic N) is 1. The van der Waals surface area contributed by atoms with Crippen LogP contribution in [0.25, 0.3) is 0 Å². The molecule has 0 atom stereocenters. The van der Waals surface area contributed by atoms with E-state index in [9.17, 15) is 4.79 Å². The molecule has 1 N–H and O–H groups in total. The van der Waals surface area contributed by atoms with E-state index in [0.29, 0.717) is 10.8 Å². The third-order valence-corrected chi connectivity index (χ3v) is 3.87. The first kappa shape index (κ1) is 26.6. The van der Waals surface area contributed by atoms with Gasteiger partial charge >= 0.3 is 23.9 Å². The number of carbonyl (C=O) groups excluding carboxylic acids is 1. The number of amides is 1. The molecule has 0 aromatic rings. The fourth-order valence-electron chi connectivity index (χ4n) is 1.27. The number of halogens is 3. The Morgan fingerprint density at radius 1 is 1.10 bits per heavy atom. The van der Waals surface area contributed by atoms with Crippen LogP contribution in [0.1, 0.15) is 34.6 Å². The van der Waals surface area contributed by atoms with E-state index in [0.717, 1.165) is 18.7 Å². The van der Waals surface area contributed by atoms with Gasteiger partial charge < -0.3 is 10.0 Å². The van der Waals surface area contributed by atoms with Crippen molar-refractivity contribution in [3.8, 4) is 0 Å². The van der Waals surface area contributed by atoms with Crippen molar-refractivity contribution < 1.29 is 14.7 Å². The fraction of sp³-hybridized carbons (Fsp3) is 0.667. The van der Waals surface area contributed by atoms with Crippen LogP contribution in [0.2, 0.25) is 0 Å². The summed E-state index contributed by atoms with van der Waals surface area (Å²) >= 11 is 17.8. The van der Waals surface area contributed by atoms with Crippen molar-refractivity contribution in [1.82, 2.24) is 4.90 Å².